The van der Waals surface area contributed by atoms with Crippen LogP contribution in [-0.2, 0) is 6.67 Å². The summed E-state index contributed by atoms with van der Waals surface area (Å²) in [6.07, 6.45) is 1.81. The van der Waals surface area contributed by atoms with Gasteiger partial charge in [0.15, 0.2) is 0 Å². The van der Waals surface area contributed by atoms with Crippen LogP contribution >= 0.6 is 0 Å². The van der Waals surface area contributed by atoms with Gasteiger partial charge in [0.2, 0.25) is 0 Å². The van der Waals surface area contributed by atoms with Gasteiger partial charge in [-0.2, -0.15) is 9.36 Å². The fourth-order valence-corrected chi connectivity index (χ4v) is 2.94. The lowest BCUT2D eigenvalue weighted by Crippen LogP contribution is -2.48. The minimum absolute atomic E-state index is 0.224. The minimum Gasteiger partial charge on any atom is -0.354 e. The Morgan fingerprint density at radius 3 is 2.36 bits per heavy atom. The molecule has 8 heteroatoms. The van der Waals surface area contributed by atoms with E-state index in [9.17, 15) is 4.79 Å². The zero-order valence-electron chi connectivity index (χ0n) is 13.8. The molecule has 8 nitrogen and oxygen atoms in total. The zero-order valence-corrected chi connectivity index (χ0v) is 13.8. The molecule has 1 fully saturated rings. The minimum atomic E-state index is -0.224. The summed E-state index contributed by atoms with van der Waals surface area (Å²) in [7, 11) is 0. The van der Waals surface area contributed by atoms with Crippen molar-refractivity contribution in [3.8, 4) is 5.69 Å². The fraction of sp³-hybridized carbons (Fsp3) is 0.294. The lowest BCUT2D eigenvalue weighted by Gasteiger charge is -2.34. The molecule has 0 saturated carbocycles. The maximum Gasteiger partial charge on any atom is 0.369 e. The molecular formula is C17H19N7O. The summed E-state index contributed by atoms with van der Waals surface area (Å²) in [6, 6.07) is 15.3. The van der Waals surface area contributed by atoms with E-state index < -0.39 is 0 Å². The van der Waals surface area contributed by atoms with Crippen LogP contribution in [0.25, 0.3) is 5.69 Å². The van der Waals surface area contributed by atoms with E-state index in [-0.39, 0.29) is 5.69 Å². The molecule has 25 heavy (non-hydrogen) atoms. The highest BCUT2D eigenvalue weighted by Crippen LogP contribution is 2.12. The van der Waals surface area contributed by atoms with E-state index in [1.807, 2.05) is 54.7 Å². The molecule has 1 aliphatic heterocycles. The largest absolute Gasteiger partial charge is 0.369 e. The van der Waals surface area contributed by atoms with Crippen molar-refractivity contribution in [2.75, 3.05) is 31.1 Å². The molecule has 0 amide bonds. The van der Waals surface area contributed by atoms with Crippen molar-refractivity contribution in [2.24, 2.45) is 0 Å². The Morgan fingerprint density at radius 2 is 1.64 bits per heavy atom. The van der Waals surface area contributed by atoms with Crippen LogP contribution < -0.4 is 10.6 Å². The van der Waals surface area contributed by atoms with Crippen LogP contribution in [0, 0.1) is 0 Å². The molecule has 2 aromatic heterocycles. The van der Waals surface area contributed by atoms with Gasteiger partial charge >= 0.3 is 5.69 Å². The first-order valence-corrected chi connectivity index (χ1v) is 8.28. The third kappa shape index (κ3) is 3.29. The van der Waals surface area contributed by atoms with Crippen LogP contribution in [0.15, 0.2) is 59.5 Å². The highest BCUT2D eigenvalue weighted by molar-refractivity contribution is 5.38. The lowest BCUT2D eigenvalue weighted by atomic mass is 10.3. The molecule has 3 aromatic rings. The van der Waals surface area contributed by atoms with Gasteiger partial charge in [-0.25, -0.2) is 9.78 Å². The monoisotopic (exact) mass is 337 g/mol. The van der Waals surface area contributed by atoms with Gasteiger partial charge in [0, 0.05) is 32.4 Å². The molecule has 0 atom stereocenters. The van der Waals surface area contributed by atoms with Crippen molar-refractivity contribution < 1.29 is 0 Å². The molecule has 0 unspecified atom stereocenters. The second-order valence-corrected chi connectivity index (χ2v) is 5.94. The Morgan fingerprint density at radius 1 is 0.880 bits per heavy atom. The first kappa shape index (κ1) is 15.5. The van der Waals surface area contributed by atoms with Crippen molar-refractivity contribution in [3.05, 3.63) is 65.2 Å². The van der Waals surface area contributed by atoms with Gasteiger partial charge in [-0.15, -0.1) is 0 Å². The topological polar surface area (TPSA) is 72.1 Å². The van der Waals surface area contributed by atoms with E-state index in [0.29, 0.717) is 6.67 Å². The van der Waals surface area contributed by atoms with Crippen molar-refractivity contribution >= 4 is 5.82 Å². The summed E-state index contributed by atoms with van der Waals surface area (Å²) in [4.78, 5) is 21.3. The molecule has 0 radical (unpaired) electrons. The van der Waals surface area contributed by atoms with E-state index in [2.05, 4.69) is 25.2 Å². The number of para-hydroxylation sites is 1. The van der Waals surface area contributed by atoms with Crippen LogP contribution in [0.3, 0.4) is 0 Å². The second-order valence-electron chi connectivity index (χ2n) is 5.94. The highest BCUT2D eigenvalue weighted by Gasteiger charge is 2.19. The molecule has 0 aliphatic carbocycles. The quantitative estimate of drug-likeness (QED) is 0.694. The number of rotatable bonds is 4. The van der Waals surface area contributed by atoms with Crippen molar-refractivity contribution in [1.82, 2.24) is 29.7 Å². The van der Waals surface area contributed by atoms with Gasteiger partial charge < -0.3 is 4.90 Å². The van der Waals surface area contributed by atoms with Crippen LogP contribution in [0.4, 0.5) is 5.82 Å². The molecular weight excluding hydrogens is 318 g/mol. The molecule has 1 aromatic carbocycles. The second kappa shape index (κ2) is 6.86. The standard InChI is InChI=1S/C17H19N7O/c25-17-23(19-20-24(17)15-6-2-1-3-7-15)14-21-10-12-22(13-11-21)16-8-4-5-9-18-16/h1-9H,10-14H2. The van der Waals surface area contributed by atoms with Gasteiger partial charge in [0.25, 0.3) is 0 Å². The van der Waals surface area contributed by atoms with E-state index in [0.717, 1.165) is 37.7 Å². The lowest BCUT2D eigenvalue weighted by molar-refractivity contribution is 0.191. The number of benzene rings is 1. The van der Waals surface area contributed by atoms with Gasteiger partial charge in [0.1, 0.15) is 12.5 Å². The first-order chi connectivity index (χ1) is 12.3. The van der Waals surface area contributed by atoms with Crippen molar-refractivity contribution in [3.63, 3.8) is 0 Å². The Labute approximate surface area is 144 Å². The third-order valence-electron chi connectivity index (χ3n) is 4.32. The van der Waals surface area contributed by atoms with Gasteiger partial charge in [0.05, 0.1) is 5.69 Å². The summed E-state index contributed by atoms with van der Waals surface area (Å²) >= 11 is 0. The number of pyridine rings is 1. The maximum absolute atomic E-state index is 12.5. The predicted molar refractivity (Wildman–Crippen MR) is 93.6 cm³/mol. The smallest absolute Gasteiger partial charge is 0.354 e. The van der Waals surface area contributed by atoms with Crippen LogP contribution in [0.2, 0.25) is 0 Å². The molecule has 0 bridgehead atoms. The number of hydrogen-bond acceptors (Lipinski definition) is 6. The average molecular weight is 337 g/mol. The zero-order chi connectivity index (χ0) is 17.1. The van der Waals surface area contributed by atoms with E-state index in [1.54, 1.807) is 0 Å². The molecule has 128 valence electrons. The summed E-state index contributed by atoms with van der Waals surface area (Å²) in [5.74, 6) is 0.995. The SMILES string of the molecule is O=c1n(CN2CCN(c3ccccn3)CC2)nnn1-c1ccccc1. The summed E-state index contributed by atoms with van der Waals surface area (Å²) < 4.78 is 2.73. The maximum atomic E-state index is 12.5. The normalized spacial score (nSPS) is 15.4. The predicted octanol–water partition coefficient (Wildman–Crippen LogP) is 0.604. The number of aromatic nitrogens is 5. The molecule has 4 rings (SSSR count). The number of piperazine rings is 1. The molecule has 1 saturated heterocycles. The Kier molecular flexibility index (Phi) is 4.26. The Bertz CT molecular complexity index is 867. The number of anilines is 1. The molecule has 0 N–H and O–H groups in total. The van der Waals surface area contributed by atoms with E-state index in [4.69, 9.17) is 0 Å². The van der Waals surface area contributed by atoms with Crippen molar-refractivity contribution in [1.29, 1.82) is 0 Å². The van der Waals surface area contributed by atoms with Crippen molar-refractivity contribution in [2.45, 2.75) is 6.67 Å². The Balaban J connectivity index is 1.41. The first-order valence-electron chi connectivity index (χ1n) is 8.28. The van der Waals surface area contributed by atoms with E-state index in [1.165, 1.54) is 9.36 Å². The summed E-state index contributed by atoms with van der Waals surface area (Å²) in [6.45, 7) is 3.89. The fourth-order valence-electron chi connectivity index (χ4n) is 2.94. The van der Waals surface area contributed by atoms with Crippen LogP contribution in [0.5, 0.6) is 0 Å². The van der Waals surface area contributed by atoms with Gasteiger partial charge in [-0.1, -0.05) is 24.3 Å². The summed E-state index contributed by atoms with van der Waals surface area (Å²) in [5, 5.41) is 8.00. The number of nitrogens with zero attached hydrogens (tertiary/aromatic N) is 7. The Hall–Kier alpha value is -3.00. The van der Waals surface area contributed by atoms with E-state index >= 15 is 0 Å². The van der Waals surface area contributed by atoms with Crippen LogP contribution in [-0.4, -0.2) is 55.9 Å². The van der Waals surface area contributed by atoms with Gasteiger partial charge in [-0.05, 0) is 34.7 Å². The van der Waals surface area contributed by atoms with Crippen LogP contribution in [0.1, 0.15) is 0 Å². The molecule has 3 heterocycles. The average Bonchev–Trinajstić information content (AvgIpc) is 3.04. The molecule has 1 aliphatic rings. The number of hydrogen-bond donors (Lipinski definition) is 0. The molecule has 0 spiro atoms. The highest BCUT2D eigenvalue weighted by atomic mass is 16.2. The summed E-state index contributed by atoms with van der Waals surface area (Å²) in [5.41, 5.74) is 0.497. The third-order valence-corrected chi connectivity index (χ3v) is 4.32. The van der Waals surface area contributed by atoms with Gasteiger partial charge in [-0.3, -0.25) is 4.90 Å². The number of tetrazole rings is 1.